The summed E-state index contributed by atoms with van der Waals surface area (Å²) in [5.74, 6) is 1.71. The van der Waals surface area contributed by atoms with Crippen LogP contribution in [0.1, 0.15) is 17.0 Å². The zero-order valence-corrected chi connectivity index (χ0v) is 15.4. The van der Waals surface area contributed by atoms with E-state index >= 15 is 0 Å². The van der Waals surface area contributed by atoms with Crippen LogP contribution in [0.15, 0.2) is 34.9 Å². The molecule has 1 aliphatic heterocycles. The number of nitrogens with one attached hydrogen (secondary N) is 1. The second-order valence-electron chi connectivity index (χ2n) is 6.53. The lowest BCUT2D eigenvalue weighted by molar-refractivity contribution is 0.128. The first-order valence-corrected chi connectivity index (χ1v) is 8.94. The number of ether oxygens (including phenoxy) is 1. The number of hydrogen-bond acceptors (Lipinski definition) is 5. The van der Waals surface area contributed by atoms with Crippen molar-refractivity contribution in [2.45, 2.75) is 19.9 Å². The maximum Gasteiger partial charge on any atom is 0.317 e. The molecule has 1 aromatic heterocycles. The lowest BCUT2D eigenvalue weighted by atomic mass is 10.1. The minimum absolute atomic E-state index is 0.00283. The molecular formula is C19H26N4O3. The number of nitrogens with zero attached hydrogens (tertiary/aromatic N) is 3. The van der Waals surface area contributed by atoms with Gasteiger partial charge in [-0.2, -0.15) is 0 Å². The van der Waals surface area contributed by atoms with Gasteiger partial charge in [0.1, 0.15) is 5.75 Å². The van der Waals surface area contributed by atoms with Gasteiger partial charge in [-0.25, -0.2) is 4.79 Å². The van der Waals surface area contributed by atoms with Crippen LogP contribution in [0.25, 0.3) is 0 Å². The van der Waals surface area contributed by atoms with E-state index in [2.05, 4.69) is 15.4 Å². The van der Waals surface area contributed by atoms with Crippen molar-refractivity contribution in [2.24, 2.45) is 0 Å². The van der Waals surface area contributed by atoms with E-state index in [9.17, 15) is 4.79 Å². The van der Waals surface area contributed by atoms with Gasteiger partial charge in [0.05, 0.1) is 19.3 Å². The minimum atomic E-state index is 0.00283. The Hall–Kier alpha value is -2.54. The Morgan fingerprint density at radius 1 is 1.27 bits per heavy atom. The number of amides is 2. The topological polar surface area (TPSA) is 70.8 Å². The van der Waals surface area contributed by atoms with E-state index in [0.29, 0.717) is 6.54 Å². The van der Waals surface area contributed by atoms with Crippen LogP contribution in [0, 0.1) is 6.92 Å². The molecule has 1 saturated heterocycles. The second-order valence-corrected chi connectivity index (χ2v) is 6.53. The Bertz CT molecular complexity index is 723. The standard InChI is InChI=1S/C19H26N4O3/c1-15-12-18(26-21-15)14-22-8-10-23(11-9-22)19(24)20-7-6-16-4-3-5-17(13-16)25-2/h3-5,12-13H,6-11,14H2,1-2H3,(H,20,24). The third-order valence-corrected chi connectivity index (χ3v) is 4.54. The SMILES string of the molecule is COc1cccc(CCNC(=O)N2CCN(Cc3cc(C)no3)CC2)c1. The molecule has 0 saturated carbocycles. The van der Waals surface area contributed by atoms with Crippen molar-refractivity contribution in [1.82, 2.24) is 20.3 Å². The molecule has 1 N–H and O–H groups in total. The molecule has 1 aliphatic rings. The lowest BCUT2D eigenvalue weighted by Gasteiger charge is -2.34. The van der Waals surface area contributed by atoms with Gasteiger partial charge in [0.15, 0.2) is 5.76 Å². The average molecular weight is 358 g/mol. The number of piperazine rings is 1. The molecular weight excluding hydrogens is 332 g/mol. The Kier molecular flexibility index (Phi) is 6.12. The summed E-state index contributed by atoms with van der Waals surface area (Å²) in [5, 5.41) is 6.92. The summed E-state index contributed by atoms with van der Waals surface area (Å²) in [6.45, 7) is 6.39. The summed E-state index contributed by atoms with van der Waals surface area (Å²) >= 11 is 0. The Morgan fingerprint density at radius 2 is 2.08 bits per heavy atom. The summed E-state index contributed by atoms with van der Waals surface area (Å²) in [4.78, 5) is 16.5. The van der Waals surface area contributed by atoms with Gasteiger partial charge < -0.3 is 19.5 Å². The number of methoxy groups -OCH3 is 1. The van der Waals surface area contributed by atoms with Crippen molar-refractivity contribution in [2.75, 3.05) is 39.8 Å². The predicted molar refractivity (Wildman–Crippen MR) is 98.2 cm³/mol. The van der Waals surface area contributed by atoms with Gasteiger partial charge in [-0.3, -0.25) is 4.90 Å². The molecule has 26 heavy (non-hydrogen) atoms. The molecule has 2 aromatic rings. The lowest BCUT2D eigenvalue weighted by Crippen LogP contribution is -2.51. The van der Waals surface area contributed by atoms with Crippen molar-refractivity contribution in [3.05, 3.63) is 47.3 Å². The van der Waals surface area contributed by atoms with Gasteiger partial charge in [0.25, 0.3) is 0 Å². The fourth-order valence-electron chi connectivity index (χ4n) is 3.07. The van der Waals surface area contributed by atoms with E-state index in [1.165, 1.54) is 0 Å². The van der Waals surface area contributed by atoms with Crippen LogP contribution in [0.2, 0.25) is 0 Å². The van der Waals surface area contributed by atoms with Gasteiger partial charge >= 0.3 is 6.03 Å². The number of urea groups is 1. The Balaban J connectivity index is 1.38. The van der Waals surface area contributed by atoms with E-state index in [0.717, 1.165) is 61.9 Å². The van der Waals surface area contributed by atoms with Crippen LogP contribution < -0.4 is 10.1 Å². The van der Waals surface area contributed by atoms with Crippen molar-refractivity contribution in [1.29, 1.82) is 0 Å². The number of hydrogen-bond donors (Lipinski definition) is 1. The predicted octanol–water partition coefficient (Wildman–Crippen LogP) is 2.06. The van der Waals surface area contributed by atoms with Crippen molar-refractivity contribution >= 4 is 6.03 Å². The van der Waals surface area contributed by atoms with Crippen molar-refractivity contribution in [3.63, 3.8) is 0 Å². The number of rotatable bonds is 6. The normalized spacial score (nSPS) is 15.1. The highest BCUT2D eigenvalue weighted by Crippen LogP contribution is 2.13. The quantitative estimate of drug-likeness (QED) is 0.856. The molecule has 2 heterocycles. The molecule has 7 nitrogen and oxygen atoms in total. The molecule has 0 atom stereocenters. The molecule has 1 fully saturated rings. The van der Waals surface area contributed by atoms with Crippen LogP contribution in [-0.4, -0.2) is 60.8 Å². The van der Waals surface area contributed by atoms with Gasteiger partial charge in [-0.05, 0) is 31.0 Å². The molecule has 7 heteroatoms. The summed E-state index contributed by atoms with van der Waals surface area (Å²) < 4.78 is 10.5. The highest BCUT2D eigenvalue weighted by atomic mass is 16.5. The van der Waals surface area contributed by atoms with E-state index in [1.54, 1.807) is 7.11 Å². The van der Waals surface area contributed by atoms with E-state index in [1.807, 2.05) is 42.2 Å². The van der Waals surface area contributed by atoms with Gasteiger partial charge in [0, 0.05) is 38.8 Å². The monoisotopic (exact) mass is 358 g/mol. The number of benzene rings is 1. The Morgan fingerprint density at radius 3 is 2.77 bits per heavy atom. The molecule has 140 valence electrons. The molecule has 0 bridgehead atoms. The summed E-state index contributed by atoms with van der Waals surface area (Å²) in [6, 6.07) is 9.88. The number of carbonyl (C=O) groups is 1. The zero-order valence-electron chi connectivity index (χ0n) is 15.4. The maximum absolute atomic E-state index is 12.3. The molecule has 0 aliphatic carbocycles. The van der Waals surface area contributed by atoms with E-state index in [4.69, 9.17) is 9.26 Å². The van der Waals surface area contributed by atoms with Crippen LogP contribution in [-0.2, 0) is 13.0 Å². The maximum atomic E-state index is 12.3. The van der Waals surface area contributed by atoms with Crippen molar-refractivity contribution in [3.8, 4) is 5.75 Å². The van der Waals surface area contributed by atoms with Crippen LogP contribution in [0.5, 0.6) is 5.75 Å². The first-order chi connectivity index (χ1) is 12.6. The van der Waals surface area contributed by atoms with Gasteiger partial charge in [-0.1, -0.05) is 17.3 Å². The fraction of sp³-hybridized carbons (Fsp3) is 0.474. The molecule has 2 amide bonds. The van der Waals surface area contributed by atoms with E-state index in [-0.39, 0.29) is 6.03 Å². The molecule has 0 spiro atoms. The number of carbonyl (C=O) groups excluding carboxylic acids is 1. The summed E-state index contributed by atoms with van der Waals surface area (Å²) in [7, 11) is 1.66. The highest BCUT2D eigenvalue weighted by molar-refractivity contribution is 5.74. The van der Waals surface area contributed by atoms with Crippen LogP contribution >= 0.6 is 0 Å². The average Bonchev–Trinajstić information content (AvgIpc) is 3.07. The zero-order chi connectivity index (χ0) is 18.4. The van der Waals surface area contributed by atoms with E-state index < -0.39 is 0 Å². The number of aromatic nitrogens is 1. The molecule has 3 rings (SSSR count). The largest absolute Gasteiger partial charge is 0.497 e. The molecule has 1 aromatic carbocycles. The summed E-state index contributed by atoms with van der Waals surface area (Å²) in [6.07, 6.45) is 0.785. The Labute approximate surface area is 153 Å². The van der Waals surface area contributed by atoms with Gasteiger partial charge in [0.2, 0.25) is 0 Å². The van der Waals surface area contributed by atoms with Crippen LogP contribution in [0.4, 0.5) is 4.79 Å². The molecule has 0 radical (unpaired) electrons. The fourth-order valence-corrected chi connectivity index (χ4v) is 3.07. The first-order valence-electron chi connectivity index (χ1n) is 8.94. The van der Waals surface area contributed by atoms with Gasteiger partial charge in [-0.15, -0.1) is 0 Å². The first kappa shape index (κ1) is 18.3. The highest BCUT2D eigenvalue weighted by Gasteiger charge is 2.21. The van der Waals surface area contributed by atoms with Crippen molar-refractivity contribution < 1.29 is 14.1 Å². The summed E-state index contributed by atoms with van der Waals surface area (Å²) in [5.41, 5.74) is 2.05. The number of aryl methyl sites for hydroxylation is 1. The molecule has 0 unspecified atom stereocenters. The third-order valence-electron chi connectivity index (χ3n) is 4.54. The third kappa shape index (κ3) is 4.98. The van der Waals surface area contributed by atoms with Crippen LogP contribution in [0.3, 0.4) is 0 Å². The smallest absolute Gasteiger partial charge is 0.317 e. The minimum Gasteiger partial charge on any atom is -0.497 e. The second kappa shape index (κ2) is 8.71.